The monoisotopic (exact) mass is 556 g/mol. The summed E-state index contributed by atoms with van der Waals surface area (Å²) in [6.07, 6.45) is 7.85. The molecule has 2 saturated heterocycles. The summed E-state index contributed by atoms with van der Waals surface area (Å²) in [5.41, 5.74) is 7.50. The molecule has 3 aliphatic rings. The summed E-state index contributed by atoms with van der Waals surface area (Å²) in [4.78, 5) is 7.73. The van der Waals surface area contributed by atoms with Gasteiger partial charge in [0.25, 0.3) is 0 Å². The van der Waals surface area contributed by atoms with Gasteiger partial charge in [0.2, 0.25) is 0 Å². The summed E-state index contributed by atoms with van der Waals surface area (Å²) in [6, 6.07) is 18.0. The minimum Gasteiger partial charge on any atom is -0.378 e. The van der Waals surface area contributed by atoms with Gasteiger partial charge in [-0.05, 0) is 87.8 Å². The van der Waals surface area contributed by atoms with E-state index in [4.69, 9.17) is 4.74 Å². The Morgan fingerprint density at radius 3 is 2.27 bits per heavy atom. The van der Waals surface area contributed by atoms with Gasteiger partial charge in [0.15, 0.2) is 15.5 Å². The largest absolute Gasteiger partial charge is 0.378 e. The molecule has 7 rings (SSSR count). The van der Waals surface area contributed by atoms with Gasteiger partial charge in [0.1, 0.15) is 0 Å². The summed E-state index contributed by atoms with van der Waals surface area (Å²) in [5, 5.41) is 8.46. The third-order valence-electron chi connectivity index (χ3n) is 9.13. The van der Waals surface area contributed by atoms with Crippen LogP contribution in [0.1, 0.15) is 51.2 Å². The van der Waals surface area contributed by atoms with E-state index in [1.54, 1.807) is 32.9 Å². The van der Waals surface area contributed by atoms with Crippen molar-refractivity contribution in [2.24, 2.45) is 0 Å². The average molecular weight is 557 g/mol. The highest BCUT2D eigenvalue weighted by atomic mass is 32.2. The number of aromatic nitrogens is 3. The van der Waals surface area contributed by atoms with E-state index in [1.165, 1.54) is 36.0 Å². The smallest absolute Gasteiger partial charge is 0.183 e. The van der Waals surface area contributed by atoms with Crippen molar-refractivity contribution in [2.45, 2.75) is 80.6 Å². The fourth-order valence-corrected chi connectivity index (χ4v) is 7.96. The molecule has 0 amide bonds. The lowest BCUT2D eigenvalue weighted by molar-refractivity contribution is -0.148. The zero-order valence-electron chi connectivity index (χ0n) is 23.4. The Labute approximate surface area is 235 Å². The molecule has 8 heteroatoms. The molecule has 40 heavy (non-hydrogen) atoms. The van der Waals surface area contributed by atoms with E-state index in [2.05, 4.69) is 44.3 Å². The fraction of sp³-hybridized carbons (Fsp3) is 0.438. The molecule has 2 aromatic carbocycles. The van der Waals surface area contributed by atoms with Gasteiger partial charge in [-0.15, -0.1) is 0 Å². The SMILES string of the molecule is CC(C)(C)S(=O)(=O)c1ccc(-c2[nH]nc3ncc(-c4ccc5c(c4)CC[C@@H](N4C6COCC4C6)CC5)cc23)cc1. The number of aromatic amines is 1. The molecule has 4 aromatic rings. The van der Waals surface area contributed by atoms with Crippen LogP contribution in [0.15, 0.2) is 59.6 Å². The summed E-state index contributed by atoms with van der Waals surface area (Å²) >= 11 is 0. The molecule has 1 aliphatic carbocycles. The lowest BCUT2D eigenvalue weighted by Crippen LogP contribution is -2.66. The Bertz CT molecular complexity index is 1670. The van der Waals surface area contributed by atoms with Crippen LogP contribution in [0.25, 0.3) is 33.4 Å². The average Bonchev–Trinajstić information content (AvgIpc) is 3.27. The Kier molecular flexibility index (Phi) is 6.14. The number of benzene rings is 2. The lowest BCUT2D eigenvalue weighted by atomic mass is 9.87. The number of hydrogen-bond acceptors (Lipinski definition) is 6. The number of aryl methyl sites for hydroxylation is 2. The van der Waals surface area contributed by atoms with Crippen LogP contribution in [0.3, 0.4) is 0 Å². The highest BCUT2D eigenvalue weighted by Gasteiger charge is 2.45. The van der Waals surface area contributed by atoms with Gasteiger partial charge >= 0.3 is 0 Å². The van der Waals surface area contributed by atoms with Gasteiger partial charge in [-0.2, -0.15) is 5.10 Å². The lowest BCUT2D eigenvalue weighted by Gasteiger charge is -2.56. The van der Waals surface area contributed by atoms with Gasteiger partial charge in [-0.3, -0.25) is 10.00 Å². The molecule has 3 atom stereocenters. The Hall–Kier alpha value is -3.07. The molecule has 208 valence electrons. The van der Waals surface area contributed by atoms with E-state index in [-0.39, 0.29) is 0 Å². The molecule has 7 nitrogen and oxygen atoms in total. The van der Waals surface area contributed by atoms with Crippen molar-refractivity contribution < 1.29 is 13.2 Å². The number of hydrogen-bond donors (Lipinski definition) is 1. The van der Waals surface area contributed by atoms with E-state index in [1.807, 2.05) is 18.3 Å². The number of ether oxygens (including phenoxy) is 1. The summed E-state index contributed by atoms with van der Waals surface area (Å²) in [6.45, 7) is 6.96. The molecule has 0 saturated carbocycles. The van der Waals surface area contributed by atoms with Crippen LogP contribution in [0.4, 0.5) is 0 Å². The number of nitrogens with one attached hydrogen (secondary N) is 1. The van der Waals surface area contributed by atoms with Crippen molar-refractivity contribution in [1.29, 1.82) is 0 Å². The van der Waals surface area contributed by atoms with Crippen LogP contribution in [-0.4, -0.2) is 64.6 Å². The quantitative estimate of drug-likeness (QED) is 0.330. The normalized spacial score (nSPS) is 23.4. The molecule has 0 spiro atoms. The van der Waals surface area contributed by atoms with Crippen LogP contribution in [0, 0.1) is 0 Å². The fourth-order valence-electron chi connectivity index (χ4n) is 6.76. The number of fused-ring (bicyclic) bond motifs is 4. The number of sulfone groups is 1. The number of H-pyrrole nitrogens is 1. The van der Waals surface area contributed by atoms with Crippen LogP contribution in [0.2, 0.25) is 0 Å². The summed E-state index contributed by atoms with van der Waals surface area (Å²) in [5.74, 6) is 0. The molecule has 0 radical (unpaired) electrons. The molecule has 2 fully saturated rings. The first-order valence-electron chi connectivity index (χ1n) is 14.4. The minimum atomic E-state index is -3.41. The summed E-state index contributed by atoms with van der Waals surface area (Å²) < 4.78 is 30.6. The molecule has 2 aliphatic heterocycles. The van der Waals surface area contributed by atoms with Gasteiger partial charge in [0, 0.05) is 40.8 Å². The molecule has 2 aromatic heterocycles. The number of nitrogens with zero attached hydrogens (tertiary/aromatic N) is 3. The van der Waals surface area contributed by atoms with Crippen LogP contribution in [0.5, 0.6) is 0 Å². The van der Waals surface area contributed by atoms with Gasteiger partial charge < -0.3 is 4.74 Å². The maximum Gasteiger partial charge on any atom is 0.183 e. The van der Waals surface area contributed by atoms with E-state index < -0.39 is 14.6 Å². The first-order chi connectivity index (χ1) is 19.2. The first kappa shape index (κ1) is 25.9. The second-order valence-corrected chi connectivity index (χ2v) is 15.3. The predicted octanol–water partition coefficient (Wildman–Crippen LogP) is 5.58. The Morgan fingerprint density at radius 2 is 1.57 bits per heavy atom. The predicted molar refractivity (Wildman–Crippen MR) is 157 cm³/mol. The number of pyridine rings is 1. The molecule has 1 N–H and O–H groups in total. The standard InChI is InChI=1S/C32H36N4O3S/c1-32(2,3)40(37,38)28-12-8-21(9-13-28)30-29-15-24(17-33-31(29)35-34-30)23-5-4-20-6-10-25(11-7-22(20)14-23)36-26-16-27(36)19-39-18-26/h4-5,8-9,12-15,17,25-27H,6-7,10-11,16,18-19H2,1-3H3,(H,33,34,35)/t25-,26?,27?/m0/s1. The number of rotatable bonds is 4. The summed E-state index contributed by atoms with van der Waals surface area (Å²) in [7, 11) is -3.41. The Balaban J connectivity index is 1.15. The maximum atomic E-state index is 12.9. The van der Waals surface area contributed by atoms with Crippen molar-refractivity contribution in [3.8, 4) is 22.4 Å². The topological polar surface area (TPSA) is 88.2 Å². The Morgan fingerprint density at radius 1 is 0.875 bits per heavy atom. The van der Waals surface area contributed by atoms with Crippen molar-refractivity contribution in [2.75, 3.05) is 13.2 Å². The molecule has 2 unspecified atom stereocenters. The highest BCUT2D eigenvalue weighted by Crippen LogP contribution is 2.38. The van der Waals surface area contributed by atoms with Crippen molar-refractivity contribution in [3.05, 3.63) is 65.9 Å². The zero-order valence-corrected chi connectivity index (χ0v) is 24.2. The van der Waals surface area contributed by atoms with E-state index in [9.17, 15) is 8.42 Å². The van der Waals surface area contributed by atoms with Gasteiger partial charge in [-0.1, -0.05) is 30.3 Å². The first-order valence-corrected chi connectivity index (χ1v) is 15.8. The second-order valence-electron chi connectivity index (χ2n) is 12.6. The second kappa shape index (κ2) is 9.50. The zero-order chi connectivity index (χ0) is 27.6. The van der Waals surface area contributed by atoms with E-state index in [0.717, 1.165) is 48.3 Å². The third-order valence-corrected chi connectivity index (χ3v) is 11.6. The van der Waals surface area contributed by atoms with Gasteiger partial charge in [-0.25, -0.2) is 13.4 Å². The number of morpholine rings is 1. The molecular formula is C32H36N4O3S. The maximum absolute atomic E-state index is 12.9. The van der Waals surface area contributed by atoms with Crippen LogP contribution < -0.4 is 0 Å². The van der Waals surface area contributed by atoms with Crippen molar-refractivity contribution >= 4 is 20.9 Å². The van der Waals surface area contributed by atoms with E-state index in [0.29, 0.717) is 28.7 Å². The molecule has 4 heterocycles. The molecule has 2 bridgehead atoms. The van der Waals surface area contributed by atoms with E-state index >= 15 is 0 Å². The minimum absolute atomic E-state index is 0.323. The highest BCUT2D eigenvalue weighted by molar-refractivity contribution is 7.92. The van der Waals surface area contributed by atoms with Crippen LogP contribution >= 0.6 is 0 Å². The van der Waals surface area contributed by atoms with Crippen LogP contribution in [-0.2, 0) is 27.4 Å². The van der Waals surface area contributed by atoms with Crippen molar-refractivity contribution in [1.82, 2.24) is 20.1 Å². The molecular weight excluding hydrogens is 520 g/mol. The van der Waals surface area contributed by atoms with Crippen molar-refractivity contribution in [3.63, 3.8) is 0 Å². The van der Waals surface area contributed by atoms with Gasteiger partial charge in [0.05, 0.1) is 28.6 Å². The third kappa shape index (κ3) is 4.28.